The average molecular weight is 333 g/mol. The van der Waals surface area contributed by atoms with Gasteiger partial charge < -0.3 is 9.73 Å². The maximum Gasteiger partial charge on any atom is 0.273 e. The van der Waals surface area contributed by atoms with Gasteiger partial charge in [-0.15, -0.1) is 0 Å². The molecule has 0 aliphatic heterocycles. The number of oxazole rings is 1. The van der Waals surface area contributed by atoms with Crippen LogP contribution in [0.15, 0.2) is 34.9 Å². The van der Waals surface area contributed by atoms with Gasteiger partial charge in [0.05, 0.1) is 6.54 Å². The zero-order chi connectivity index (χ0) is 17.7. The molecule has 0 saturated carbocycles. The molecule has 2 aromatic rings. The van der Waals surface area contributed by atoms with E-state index in [1.54, 1.807) is 12.1 Å². The normalized spacial score (nSPS) is 11.5. The largest absolute Gasteiger partial charge is 0.447 e. The van der Waals surface area contributed by atoms with Crippen LogP contribution in [0.4, 0.5) is 4.39 Å². The zero-order valence-corrected chi connectivity index (χ0v) is 14.5. The van der Waals surface area contributed by atoms with Crippen LogP contribution in [-0.4, -0.2) is 27.9 Å². The lowest BCUT2D eigenvalue weighted by atomic mass is 10.1. The Kier molecular flexibility index (Phi) is 6.09. The molecular weight excluding hydrogens is 309 g/mol. The molecule has 0 bridgehead atoms. The van der Waals surface area contributed by atoms with Crippen molar-refractivity contribution in [3.8, 4) is 0 Å². The van der Waals surface area contributed by atoms with Crippen molar-refractivity contribution in [3.63, 3.8) is 0 Å². The van der Waals surface area contributed by atoms with E-state index in [0.29, 0.717) is 24.5 Å². The minimum Gasteiger partial charge on any atom is -0.447 e. The second kappa shape index (κ2) is 8.06. The number of rotatable bonds is 7. The van der Waals surface area contributed by atoms with E-state index in [2.05, 4.69) is 10.3 Å². The number of nitrogens with one attached hydrogen (secondary N) is 1. The molecular formula is C18H24FN3O2. The van der Waals surface area contributed by atoms with E-state index in [9.17, 15) is 9.18 Å². The monoisotopic (exact) mass is 333 g/mol. The van der Waals surface area contributed by atoms with Crippen LogP contribution in [-0.2, 0) is 13.1 Å². The van der Waals surface area contributed by atoms with Gasteiger partial charge >= 0.3 is 0 Å². The maximum absolute atomic E-state index is 13.9. The van der Waals surface area contributed by atoms with Gasteiger partial charge in [-0.3, -0.25) is 9.69 Å². The van der Waals surface area contributed by atoms with Crippen molar-refractivity contribution < 1.29 is 13.6 Å². The number of hydrogen-bond acceptors (Lipinski definition) is 4. The summed E-state index contributed by atoms with van der Waals surface area (Å²) in [5.41, 5.74) is 0.879. The summed E-state index contributed by atoms with van der Waals surface area (Å²) in [6.07, 6.45) is 1.36. The molecule has 6 heteroatoms. The number of halogens is 1. The summed E-state index contributed by atoms with van der Waals surface area (Å²) in [5.74, 6) is -0.0494. The first-order chi connectivity index (χ1) is 11.4. The fourth-order valence-corrected chi connectivity index (χ4v) is 2.26. The van der Waals surface area contributed by atoms with Crippen molar-refractivity contribution in [2.75, 3.05) is 0 Å². The lowest BCUT2D eigenvalue weighted by Gasteiger charge is -2.25. The molecule has 1 N–H and O–H groups in total. The summed E-state index contributed by atoms with van der Waals surface area (Å²) in [7, 11) is 0. The number of benzene rings is 1. The third-order valence-corrected chi connectivity index (χ3v) is 3.60. The molecule has 0 atom stereocenters. The van der Waals surface area contributed by atoms with Crippen LogP contribution in [0.3, 0.4) is 0 Å². The van der Waals surface area contributed by atoms with E-state index >= 15 is 0 Å². The van der Waals surface area contributed by atoms with Crippen molar-refractivity contribution in [2.45, 2.75) is 52.9 Å². The number of amides is 1. The van der Waals surface area contributed by atoms with E-state index in [1.807, 2.05) is 38.7 Å². The molecule has 0 unspecified atom stereocenters. The molecule has 0 aliphatic carbocycles. The van der Waals surface area contributed by atoms with Gasteiger partial charge in [0.1, 0.15) is 12.1 Å². The molecule has 0 spiro atoms. The molecule has 0 aliphatic rings. The Labute approximate surface area is 141 Å². The second-order valence-electron chi connectivity index (χ2n) is 6.34. The van der Waals surface area contributed by atoms with Gasteiger partial charge in [0.25, 0.3) is 5.91 Å². The zero-order valence-electron chi connectivity index (χ0n) is 14.5. The number of aromatic nitrogens is 1. The summed E-state index contributed by atoms with van der Waals surface area (Å²) in [6, 6.07) is 6.91. The molecule has 130 valence electrons. The smallest absolute Gasteiger partial charge is 0.273 e. The fourth-order valence-electron chi connectivity index (χ4n) is 2.26. The van der Waals surface area contributed by atoms with Crippen molar-refractivity contribution in [1.29, 1.82) is 0 Å². The predicted octanol–water partition coefficient (Wildman–Crippen LogP) is 3.36. The van der Waals surface area contributed by atoms with Gasteiger partial charge in [0.2, 0.25) is 5.89 Å². The van der Waals surface area contributed by atoms with Crippen molar-refractivity contribution in [2.24, 2.45) is 0 Å². The highest BCUT2D eigenvalue weighted by Gasteiger charge is 2.18. The summed E-state index contributed by atoms with van der Waals surface area (Å²) >= 11 is 0. The van der Waals surface area contributed by atoms with Crippen molar-refractivity contribution in [3.05, 3.63) is 53.5 Å². The molecule has 2 rings (SSSR count). The Morgan fingerprint density at radius 2 is 1.96 bits per heavy atom. The van der Waals surface area contributed by atoms with Gasteiger partial charge in [-0.05, 0) is 33.8 Å². The van der Waals surface area contributed by atoms with E-state index < -0.39 is 0 Å². The first kappa shape index (κ1) is 18.1. The van der Waals surface area contributed by atoms with Crippen LogP contribution in [0.25, 0.3) is 0 Å². The summed E-state index contributed by atoms with van der Waals surface area (Å²) in [4.78, 5) is 18.2. The maximum atomic E-state index is 13.9. The highest BCUT2D eigenvalue weighted by molar-refractivity contribution is 5.92. The number of nitrogens with zero attached hydrogens (tertiary/aromatic N) is 2. The van der Waals surface area contributed by atoms with Gasteiger partial charge in [-0.25, -0.2) is 9.37 Å². The van der Waals surface area contributed by atoms with Gasteiger partial charge in [-0.2, -0.15) is 0 Å². The van der Waals surface area contributed by atoms with Crippen LogP contribution >= 0.6 is 0 Å². The predicted molar refractivity (Wildman–Crippen MR) is 89.9 cm³/mol. The number of carbonyl (C=O) groups is 1. The van der Waals surface area contributed by atoms with Crippen molar-refractivity contribution in [1.82, 2.24) is 15.2 Å². The van der Waals surface area contributed by atoms with Crippen LogP contribution in [0.1, 0.15) is 49.6 Å². The Morgan fingerprint density at radius 3 is 2.58 bits per heavy atom. The van der Waals surface area contributed by atoms with Gasteiger partial charge in [0.15, 0.2) is 5.69 Å². The van der Waals surface area contributed by atoms with Crippen LogP contribution < -0.4 is 5.32 Å². The van der Waals surface area contributed by atoms with Crippen LogP contribution in [0.5, 0.6) is 0 Å². The first-order valence-electron chi connectivity index (χ1n) is 8.09. The third kappa shape index (κ3) is 4.89. The molecule has 1 amide bonds. The summed E-state index contributed by atoms with van der Waals surface area (Å²) in [6.45, 7) is 8.66. The molecule has 0 fully saturated rings. The lowest BCUT2D eigenvalue weighted by molar-refractivity contribution is 0.0938. The Balaban J connectivity index is 2.07. The van der Waals surface area contributed by atoms with E-state index in [1.165, 1.54) is 12.3 Å². The number of hydrogen-bond donors (Lipinski definition) is 1. The third-order valence-electron chi connectivity index (χ3n) is 3.60. The number of carbonyl (C=O) groups excluding carboxylic acids is 1. The van der Waals surface area contributed by atoms with Crippen molar-refractivity contribution >= 4 is 5.91 Å². The second-order valence-corrected chi connectivity index (χ2v) is 6.34. The van der Waals surface area contributed by atoms with E-state index in [4.69, 9.17) is 4.42 Å². The quantitative estimate of drug-likeness (QED) is 0.844. The highest BCUT2D eigenvalue weighted by atomic mass is 19.1. The molecule has 0 saturated heterocycles. The minimum absolute atomic E-state index is 0.0332. The van der Waals surface area contributed by atoms with Crippen LogP contribution in [0.2, 0.25) is 0 Å². The molecule has 5 nitrogen and oxygen atoms in total. The van der Waals surface area contributed by atoms with Crippen LogP contribution in [0, 0.1) is 5.82 Å². The van der Waals surface area contributed by atoms with E-state index in [-0.39, 0.29) is 29.5 Å². The molecule has 1 aromatic carbocycles. The fraction of sp³-hybridized carbons (Fsp3) is 0.444. The highest BCUT2D eigenvalue weighted by Crippen LogP contribution is 2.15. The Bertz CT molecular complexity index is 682. The summed E-state index contributed by atoms with van der Waals surface area (Å²) < 4.78 is 19.3. The Morgan fingerprint density at radius 1 is 1.25 bits per heavy atom. The standard InChI is InChI=1S/C18H24FN3O2/c1-12(2)20-18(23)16-11-24-17(21-16)10-22(13(3)4)9-14-7-5-6-8-15(14)19/h5-8,11-13H,9-10H2,1-4H3,(H,20,23). The molecule has 0 radical (unpaired) electrons. The molecule has 24 heavy (non-hydrogen) atoms. The van der Waals surface area contributed by atoms with Gasteiger partial charge in [0, 0.05) is 24.2 Å². The average Bonchev–Trinajstić information content (AvgIpc) is 2.96. The lowest BCUT2D eigenvalue weighted by Crippen LogP contribution is -2.31. The molecule has 1 heterocycles. The first-order valence-corrected chi connectivity index (χ1v) is 8.09. The van der Waals surface area contributed by atoms with Gasteiger partial charge in [-0.1, -0.05) is 18.2 Å². The SMILES string of the molecule is CC(C)NC(=O)c1coc(CN(Cc2ccccc2F)C(C)C)n1. The minimum atomic E-state index is -0.259. The topological polar surface area (TPSA) is 58.4 Å². The Hall–Kier alpha value is -2.21. The summed E-state index contributed by atoms with van der Waals surface area (Å²) in [5, 5.41) is 2.77. The molecule has 1 aromatic heterocycles. The van der Waals surface area contributed by atoms with E-state index in [0.717, 1.165) is 0 Å².